The fourth-order valence-corrected chi connectivity index (χ4v) is 1.82. The van der Waals surface area contributed by atoms with Crippen molar-refractivity contribution in [1.29, 1.82) is 0 Å². The monoisotopic (exact) mass is 264 g/mol. The molecule has 0 radical (unpaired) electrons. The number of amides is 1. The summed E-state index contributed by atoms with van der Waals surface area (Å²) >= 11 is 0. The molecule has 4 nitrogen and oxygen atoms in total. The topological polar surface area (TPSA) is 64.3 Å². The van der Waals surface area contributed by atoms with Gasteiger partial charge < -0.3 is 15.8 Å². The summed E-state index contributed by atoms with van der Waals surface area (Å²) in [5, 5.41) is 2.90. The summed E-state index contributed by atoms with van der Waals surface area (Å²) in [5.41, 5.74) is 9.01. The molecule has 1 aromatic carbocycles. The van der Waals surface area contributed by atoms with Crippen LogP contribution in [0.25, 0.3) is 0 Å². The lowest BCUT2D eigenvalue weighted by Crippen LogP contribution is -2.25. The number of hydrogen-bond donors (Lipinski definition) is 2. The molecule has 3 N–H and O–H groups in total. The molecular formula is C15H24N2O2. The lowest BCUT2D eigenvalue weighted by atomic mass is 10.0. The molecule has 0 aromatic heterocycles. The first kappa shape index (κ1) is 15.5. The van der Waals surface area contributed by atoms with Gasteiger partial charge in [0.05, 0.1) is 7.11 Å². The lowest BCUT2D eigenvalue weighted by molar-refractivity contribution is -0.121. The minimum absolute atomic E-state index is 0.0255. The maximum Gasteiger partial charge on any atom is 0.220 e. The number of benzene rings is 1. The molecule has 1 amide bonds. The Kier molecular flexibility index (Phi) is 5.83. The Labute approximate surface area is 115 Å². The van der Waals surface area contributed by atoms with Crippen molar-refractivity contribution in [3.05, 3.63) is 28.8 Å². The van der Waals surface area contributed by atoms with Crippen LogP contribution in [-0.4, -0.2) is 19.1 Å². The van der Waals surface area contributed by atoms with Crippen molar-refractivity contribution < 1.29 is 9.53 Å². The predicted molar refractivity (Wildman–Crippen MR) is 77.2 cm³/mol. The molecule has 1 atom stereocenters. The van der Waals surface area contributed by atoms with Crippen LogP contribution in [0.15, 0.2) is 12.1 Å². The zero-order chi connectivity index (χ0) is 14.4. The van der Waals surface area contributed by atoms with Gasteiger partial charge in [0.15, 0.2) is 0 Å². The van der Waals surface area contributed by atoms with Crippen LogP contribution in [0.3, 0.4) is 0 Å². The Morgan fingerprint density at radius 3 is 2.58 bits per heavy atom. The van der Waals surface area contributed by atoms with Crippen LogP contribution < -0.4 is 15.8 Å². The summed E-state index contributed by atoms with van der Waals surface area (Å²) < 4.78 is 5.34. The highest BCUT2D eigenvalue weighted by molar-refractivity contribution is 5.76. The molecule has 0 saturated carbocycles. The summed E-state index contributed by atoms with van der Waals surface area (Å²) in [4.78, 5) is 11.7. The second-order valence-electron chi connectivity index (χ2n) is 5.04. The largest absolute Gasteiger partial charge is 0.496 e. The number of carbonyl (C=O) groups is 1. The molecule has 1 rings (SSSR count). The van der Waals surface area contributed by atoms with Gasteiger partial charge in [-0.2, -0.15) is 0 Å². The third kappa shape index (κ3) is 4.91. The molecule has 0 bridgehead atoms. The predicted octanol–water partition coefficient (Wildman–Crippen LogP) is 2.06. The zero-order valence-corrected chi connectivity index (χ0v) is 12.2. The van der Waals surface area contributed by atoms with Gasteiger partial charge in [0.25, 0.3) is 0 Å². The molecule has 4 heteroatoms. The lowest BCUT2D eigenvalue weighted by Gasteiger charge is -2.13. The normalized spacial score (nSPS) is 12.1. The van der Waals surface area contributed by atoms with Gasteiger partial charge in [0, 0.05) is 24.6 Å². The third-order valence-electron chi connectivity index (χ3n) is 3.20. The fourth-order valence-electron chi connectivity index (χ4n) is 1.82. The average molecular weight is 264 g/mol. The highest BCUT2D eigenvalue weighted by Gasteiger charge is 2.08. The first-order valence-electron chi connectivity index (χ1n) is 6.60. The van der Waals surface area contributed by atoms with E-state index in [1.165, 1.54) is 11.1 Å². The first-order chi connectivity index (χ1) is 8.93. The maximum absolute atomic E-state index is 11.7. The number of hydrogen-bond acceptors (Lipinski definition) is 3. The fraction of sp³-hybridized carbons (Fsp3) is 0.533. The smallest absolute Gasteiger partial charge is 0.220 e. The average Bonchev–Trinajstić information content (AvgIpc) is 2.37. The molecule has 0 spiro atoms. The summed E-state index contributed by atoms with van der Waals surface area (Å²) in [6.07, 6.45) is 1.17. The Balaban J connectivity index is 2.62. The standard InChI is InChI=1S/C15H24N2O2/c1-10-7-13(14(19-4)8-11(10)2)9-17-15(18)6-5-12(3)16/h7-8,12H,5-6,9,16H2,1-4H3,(H,17,18). The third-order valence-corrected chi connectivity index (χ3v) is 3.20. The number of nitrogens with one attached hydrogen (secondary N) is 1. The Hall–Kier alpha value is -1.55. The number of carbonyl (C=O) groups excluding carboxylic acids is 1. The van der Waals surface area contributed by atoms with Crippen LogP contribution >= 0.6 is 0 Å². The molecule has 1 aromatic rings. The van der Waals surface area contributed by atoms with Crippen molar-refractivity contribution in [3.8, 4) is 5.75 Å². The first-order valence-corrected chi connectivity index (χ1v) is 6.60. The van der Waals surface area contributed by atoms with Gasteiger partial charge in [-0.3, -0.25) is 4.79 Å². The van der Waals surface area contributed by atoms with Crippen LogP contribution in [-0.2, 0) is 11.3 Å². The van der Waals surface area contributed by atoms with E-state index in [9.17, 15) is 4.79 Å². The summed E-state index contributed by atoms with van der Waals surface area (Å²) in [6.45, 7) is 6.49. The highest BCUT2D eigenvalue weighted by atomic mass is 16.5. The van der Waals surface area contributed by atoms with Crippen LogP contribution in [0, 0.1) is 13.8 Å². The Morgan fingerprint density at radius 2 is 2.00 bits per heavy atom. The second kappa shape index (κ2) is 7.14. The van der Waals surface area contributed by atoms with Crippen LogP contribution in [0.2, 0.25) is 0 Å². The Morgan fingerprint density at radius 1 is 1.37 bits per heavy atom. The van der Waals surface area contributed by atoms with Gasteiger partial charge in [-0.1, -0.05) is 6.07 Å². The molecule has 106 valence electrons. The van der Waals surface area contributed by atoms with E-state index >= 15 is 0 Å². The molecule has 0 aliphatic heterocycles. The van der Waals surface area contributed by atoms with Gasteiger partial charge in [-0.25, -0.2) is 0 Å². The van der Waals surface area contributed by atoms with E-state index in [1.807, 2.05) is 19.9 Å². The van der Waals surface area contributed by atoms with Crippen molar-refractivity contribution in [2.24, 2.45) is 5.73 Å². The summed E-state index contributed by atoms with van der Waals surface area (Å²) in [6, 6.07) is 4.11. The van der Waals surface area contributed by atoms with E-state index in [4.69, 9.17) is 10.5 Å². The van der Waals surface area contributed by atoms with Gasteiger partial charge in [-0.05, 0) is 44.4 Å². The van der Waals surface area contributed by atoms with Crippen LogP contribution in [0.1, 0.15) is 36.5 Å². The van der Waals surface area contributed by atoms with Gasteiger partial charge in [0.1, 0.15) is 5.75 Å². The summed E-state index contributed by atoms with van der Waals surface area (Å²) in [7, 11) is 1.64. The number of aryl methyl sites for hydroxylation is 2. The van der Waals surface area contributed by atoms with Crippen LogP contribution in [0.4, 0.5) is 0 Å². The number of ether oxygens (including phenoxy) is 1. The van der Waals surface area contributed by atoms with Crippen molar-refractivity contribution in [1.82, 2.24) is 5.32 Å². The van der Waals surface area contributed by atoms with E-state index < -0.39 is 0 Å². The molecule has 0 heterocycles. The van der Waals surface area contributed by atoms with E-state index in [-0.39, 0.29) is 11.9 Å². The van der Waals surface area contributed by atoms with E-state index in [1.54, 1.807) is 7.11 Å². The molecule has 1 unspecified atom stereocenters. The molecular weight excluding hydrogens is 240 g/mol. The van der Waals surface area contributed by atoms with Crippen molar-refractivity contribution in [2.45, 2.75) is 46.2 Å². The zero-order valence-electron chi connectivity index (χ0n) is 12.2. The molecule has 0 fully saturated rings. The molecule has 0 aliphatic carbocycles. The molecule has 19 heavy (non-hydrogen) atoms. The van der Waals surface area contributed by atoms with E-state index in [0.29, 0.717) is 19.4 Å². The number of methoxy groups -OCH3 is 1. The van der Waals surface area contributed by atoms with Gasteiger partial charge in [0.2, 0.25) is 5.91 Å². The minimum atomic E-state index is 0.0255. The van der Waals surface area contributed by atoms with Crippen molar-refractivity contribution in [2.75, 3.05) is 7.11 Å². The SMILES string of the molecule is COc1cc(C)c(C)cc1CNC(=O)CCC(C)N. The number of nitrogens with two attached hydrogens (primary N) is 1. The number of rotatable bonds is 6. The van der Waals surface area contributed by atoms with E-state index in [2.05, 4.69) is 18.3 Å². The van der Waals surface area contributed by atoms with Crippen molar-refractivity contribution >= 4 is 5.91 Å². The van der Waals surface area contributed by atoms with Gasteiger partial charge in [-0.15, -0.1) is 0 Å². The highest BCUT2D eigenvalue weighted by Crippen LogP contribution is 2.22. The van der Waals surface area contributed by atoms with Gasteiger partial charge >= 0.3 is 0 Å². The Bertz CT molecular complexity index is 442. The van der Waals surface area contributed by atoms with Crippen molar-refractivity contribution in [3.63, 3.8) is 0 Å². The molecule has 0 aliphatic rings. The minimum Gasteiger partial charge on any atom is -0.496 e. The molecule has 0 saturated heterocycles. The quantitative estimate of drug-likeness (QED) is 0.826. The second-order valence-corrected chi connectivity index (χ2v) is 5.04. The van der Waals surface area contributed by atoms with E-state index in [0.717, 1.165) is 11.3 Å². The summed E-state index contributed by atoms with van der Waals surface area (Å²) in [5.74, 6) is 0.841. The van der Waals surface area contributed by atoms with Crippen LogP contribution in [0.5, 0.6) is 5.75 Å². The maximum atomic E-state index is 11.7.